The van der Waals surface area contributed by atoms with E-state index in [1.807, 2.05) is 52.0 Å². The Balaban J connectivity index is 2.01. The summed E-state index contributed by atoms with van der Waals surface area (Å²) in [6.07, 6.45) is 3.10. The van der Waals surface area contributed by atoms with Gasteiger partial charge in [0.1, 0.15) is 0 Å². The maximum Gasteiger partial charge on any atom is 0.337 e. The van der Waals surface area contributed by atoms with Gasteiger partial charge in [-0.25, -0.2) is 14.3 Å². The van der Waals surface area contributed by atoms with Gasteiger partial charge in [-0.3, -0.25) is 14.2 Å². The highest BCUT2D eigenvalue weighted by atomic mass is 16.2. The number of fused-ring (bicyclic) bond motifs is 1. The second kappa shape index (κ2) is 6.29. The zero-order valence-corrected chi connectivity index (χ0v) is 16.6. The first-order valence-corrected chi connectivity index (χ1v) is 9.51. The van der Waals surface area contributed by atoms with E-state index in [1.54, 1.807) is 4.57 Å². The van der Waals surface area contributed by atoms with E-state index < -0.39 is 5.41 Å². The molecule has 0 saturated heterocycles. The number of nitrogens with zero attached hydrogens (tertiary/aromatic N) is 4. The summed E-state index contributed by atoms with van der Waals surface area (Å²) in [5.74, 6) is -0.00234. The number of imidazole rings is 1. The summed E-state index contributed by atoms with van der Waals surface area (Å²) in [5, 5.41) is 0. The number of hydrogen-bond donors (Lipinski definition) is 0. The number of Topliss-reactive ketones (excluding diaryl/α,β-unsaturated/α-hetero) is 1. The van der Waals surface area contributed by atoms with Gasteiger partial charge in [0, 0.05) is 11.5 Å². The lowest BCUT2D eigenvalue weighted by Crippen LogP contribution is -2.40. The first kappa shape index (κ1) is 18.4. The van der Waals surface area contributed by atoms with Crippen molar-refractivity contribution in [1.29, 1.82) is 0 Å². The molecule has 1 aliphatic rings. The van der Waals surface area contributed by atoms with Gasteiger partial charge in [-0.2, -0.15) is 0 Å². The Morgan fingerprint density at radius 2 is 1.93 bits per heavy atom. The van der Waals surface area contributed by atoms with E-state index in [1.165, 1.54) is 15.5 Å². The fraction of sp³-hybridized carbons (Fsp3) is 0.429. The molecule has 0 aliphatic heterocycles. The minimum Gasteiger partial charge on any atom is -0.317 e. The standard InChI is InChI=1S/C21H24N4O3/c1-13-6-5-7-15(10-13)24-18-17(19(27)25(20(24)28)14-8-9-14)23(12-22-18)11-16(26)21(2,3)4/h5-7,10,12,14H,8-9,11H2,1-4H3. The number of ketones is 1. The number of carbonyl (C=O) groups excluding carboxylic acids is 1. The average Bonchev–Trinajstić information content (AvgIpc) is 3.35. The fourth-order valence-corrected chi connectivity index (χ4v) is 3.32. The van der Waals surface area contributed by atoms with E-state index in [4.69, 9.17) is 0 Å². The van der Waals surface area contributed by atoms with Crippen LogP contribution in [0.4, 0.5) is 0 Å². The van der Waals surface area contributed by atoms with E-state index in [2.05, 4.69) is 4.98 Å². The summed E-state index contributed by atoms with van der Waals surface area (Å²) >= 11 is 0. The predicted octanol–water partition coefficient (Wildman–Crippen LogP) is 2.61. The van der Waals surface area contributed by atoms with E-state index in [0.29, 0.717) is 16.9 Å². The second-order valence-corrected chi connectivity index (χ2v) is 8.58. The summed E-state index contributed by atoms with van der Waals surface area (Å²) in [6, 6.07) is 7.46. The van der Waals surface area contributed by atoms with Gasteiger partial charge in [0.2, 0.25) is 0 Å². The zero-order valence-electron chi connectivity index (χ0n) is 16.6. The minimum absolute atomic E-state index is 0.00234. The van der Waals surface area contributed by atoms with Gasteiger partial charge in [-0.15, -0.1) is 0 Å². The van der Waals surface area contributed by atoms with Gasteiger partial charge >= 0.3 is 5.69 Å². The molecule has 0 amide bonds. The van der Waals surface area contributed by atoms with Crippen molar-refractivity contribution < 1.29 is 4.79 Å². The molecule has 28 heavy (non-hydrogen) atoms. The summed E-state index contributed by atoms with van der Waals surface area (Å²) < 4.78 is 4.39. The Morgan fingerprint density at radius 3 is 2.54 bits per heavy atom. The van der Waals surface area contributed by atoms with Gasteiger partial charge in [0.15, 0.2) is 16.9 Å². The van der Waals surface area contributed by atoms with Gasteiger partial charge in [0.25, 0.3) is 5.56 Å². The minimum atomic E-state index is -0.531. The zero-order chi connectivity index (χ0) is 20.2. The highest BCUT2D eigenvalue weighted by Gasteiger charge is 2.31. The molecule has 7 heteroatoms. The Labute approximate surface area is 162 Å². The third-order valence-electron chi connectivity index (χ3n) is 5.17. The molecule has 0 bridgehead atoms. The quantitative estimate of drug-likeness (QED) is 0.697. The van der Waals surface area contributed by atoms with Crippen LogP contribution in [0.5, 0.6) is 0 Å². The van der Waals surface area contributed by atoms with Crippen molar-refractivity contribution in [3.8, 4) is 5.69 Å². The molecule has 2 heterocycles. The number of hydrogen-bond acceptors (Lipinski definition) is 4. The molecule has 1 aliphatic carbocycles. The van der Waals surface area contributed by atoms with Crippen molar-refractivity contribution in [3.63, 3.8) is 0 Å². The van der Waals surface area contributed by atoms with E-state index in [-0.39, 0.29) is 29.6 Å². The fourth-order valence-electron chi connectivity index (χ4n) is 3.32. The van der Waals surface area contributed by atoms with E-state index in [9.17, 15) is 14.4 Å². The third-order valence-corrected chi connectivity index (χ3v) is 5.17. The first-order chi connectivity index (χ1) is 13.2. The van der Waals surface area contributed by atoms with Gasteiger partial charge in [-0.1, -0.05) is 32.9 Å². The average molecular weight is 380 g/mol. The van der Waals surface area contributed by atoms with Crippen LogP contribution in [0, 0.1) is 12.3 Å². The predicted molar refractivity (Wildman–Crippen MR) is 107 cm³/mol. The molecular formula is C21H24N4O3. The number of aromatic nitrogens is 4. The molecule has 0 radical (unpaired) electrons. The van der Waals surface area contributed by atoms with Crippen molar-refractivity contribution >= 4 is 16.9 Å². The molecule has 1 fully saturated rings. The highest BCUT2D eigenvalue weighted by molar-refractivity contribution is 5.85. The van der Waals surface area contributed by atoms with Crippen LogP contribution < -0.4 is 11.2 Å². The van der Waals surface area contributed by atoms with Gasteiger partial charge < -0.3 is 4.57 Å². The van der Waals surface area contributed by atoms with Crippen LogP contribution in [-0.4, -0.2) is 24.5 Å². The topological polar surface area (TPSA) is 78.9 Å². The largest absolute Gasteiger partial charge is 0.337 e. The Hall–Kier alpha value is -2.96. The maximum atomic E-state index is 13.2. The van der Waals surface area contributed by atoms with Crippen LogP contribution in [0.1, 0.15) is 45.2 Å². The monoisotopic (exact) mass is 380 g/mol. The maximum absolute atomic E-state index is 13.2. The molecule has 0 spiro atoms. The molecule has 0 atom stereocenters. The normalized spacial score (nSPS) is 14.6. The smallest absolute Gasteiger partial charge is 0.317 e. The highest BCUT2D eigenvalue weighted by Crippen LogP contribution is 2.32. The van der Waals surface area contributed by atoms with Gasteiger partial charge in [-0.05, 0) is 37.5 Å². The summed E-state index contributed by atoms with van der Waals surface area (Å²) in [6.45, 7) is 7.54. The molecule has 1 saturated carbocycles. The third kappa shape index (κ3) is 3.00. The molecule has 0 N–H and O–H groups in total. The van der Waals surface area contributed by atoms with Crippen molar-refractivity contribution in [2.75, 3.05) is 0 Å². The van der Waals surface area contributed by atoms with Crippen LogP contribution in [0.25, 0.3) is 16.9 Å². The molecule has 1 aromatic carbocycles. The Kier molecular flexibility index (Phi) is 4.14. The molecule has 3 aromatic rings. The molecule has 146 valence electrons. The summed E-state index contributed by atoms with van der Waals surface area (Å²) in [5.41, 5.74) is 0.978. The van der Waals surface area contributed by atoms with Crippen LogP contribution in [0.15, 0.2) is 40.2 Å². The molecule has 0 unspecified atom stereocenters. The van der Waals surface area contributed by atoms with Crippen LogP contribution in [-0.2, 0) is 11.3 Å². The molecule has 4 rings (SSSR count). The van der Waals surface area contributed by atoms with Crippen molar-refractivity contribution in [1.82, 2.24) is 18.7 Å². The SMILES string of the molecule is Cc1cccc(-n2c(=O)n(C3CC3)c(=O)c3c2ncn3CC(=O)C(C)(C)C)c1. The summed E-state index contributed by atoms with van der Waals surface area (Å²) in [7, 11) is 0. The molecule has 7 nitrogen and oxygen atoms in total. The lowest BCUT2D eigenvalue weighted by molar-refractivity contribution is -0.126. The number of carbonyl (C=O) groups is 1. The van der Waals surface area contributed by atoms with Crippen LogP contribution in [0.3, 0.4) is 0 Å². The first-order valence-electron chi connectivity index (χ1n) is 9.51. The number of benzene rings is 1. The number of rotatable bonds is 4. The van der Waals surface area contributed by atoms with E-state index >= 15 is 0 Å². The van der Waals surface area contributed by atoms with E-state index in [0.717, 1.165) is 18.4 Å². The molecule has 2 aromatic heterocycles. The summed E-state index contributed by atoms with van der Waals surface area (Å²) in [4.78, 5) is 43.3. The van der Waals surface area contributed by atoms with Crippen LogP contribution >= 0.6 is 0 Å². The molecular weight excluding hydrogens is 356 g/mol. The second-order valence-electron chi connectivity index (χ2n) is 8.58. The lowest BCUT2D eigenvalue weighted by atomic mass is 9.91. The lowest BCUT2D eigenvalue weighted by Gasteiger charge is -2.17. The van der Waals surface area contributed by atoms with Crippen LogP contribution in [0.2, 0.25) is 0 Å². The Bertz CT molecular complexity index is 1200. The van der Waals surface area contributed by atoms with Crippen molar-refractivity contribution in [2.24, 2.45) is 5.41 Å². The van der Waals surface area contributed by atoms with Gasteiger partial charge in [0.05, 0.1) is 18.6 Å². The van der Waals surface area contributed by atoms with Crippen molar-refractivity contribution in [3.05, 3.63) is 57.0 Å². The van der Waals surface area contributed by atoms with Crippen molar-refractivity contribution in [2.45, 2.75) is 53.1 Å². The Morgan fingerprint density at radius 1 is 1.21 bits per heavy atom. The number of aryl methyl sites for hydroxylation is 1.